The Balaban J connectivity index is 2.08. The van der Waals surface area contributed by atoms with E-state index in [1.54, 1.807) is 0 Å². The van der Waals surface area contributed by atoms with Gasteiger partial charge in [0.2, 0.25) is 15.0 Å². The largest absolute Gasteiger partial charge is 0.374 e. The molecule has 6 heteroatoms. The van der Waals surface area contributed by atoms with Crippen molar-refractivity contribution >= 4 is 15.0 Å². The van der Waals surface area contributed by atoms with E-state index in [1.807, 2.05) is 0 Å². The molecular formula is C8H13N3O2S. The summed E-state index contributed by atoms with van der Waals surface area (Å²) in [6.07, 6.45) is 3.65. The number of amidine groups is 1. The zero-order valence-electron chi connectivity index (χ0n) is 7.81. The number of nitrogens with two attached hydrogens (primary N) is 1. The van der Waals surface area contributed by atoms with Gasteiger partial charge in [-0.25, -0.2) is 13.4 Å². The van der Waals surface area contributed by atoms with Gasteiger partial charge in [0.15, 0.2) is 0 Å². The van der Waals surface area contributed by atoms with Gasteiger partial charge in [-0.3, -0.25) is 4.90 Å². The topological polar surface area (TPSA) is 75.8 Å². The molecule has 2 aliphatic rings. The number of hydrogen-bond acceptors (Lipinski definition) is 5. The van der Waals surface area contributed by atoms with Crippen LogP contribution in [-0.2, 0) is 9.84 Å². The van der Waals surface area contributed by atoms with E-state index in [0.717, 1.165) is 25.9 Å². The van der Waals surface area contributed by atoms with E-state index in [2.05, 4.69) is 9.89 Å². The number of hydrogen-bond donors (Lipinski definition) is 1. The first-order chi connectivity index (χ1) is 6.60. The van der Waals surface area contributed by atoms with Crippen LogP contribution in [0.3, 0.4) is 0 Å². The third kappa shape index (κ3) is 1.55. The van der Waals surface area contributed by atoms with E-state index in [0.29, 0.717) is 11.4 Å². The first kappa shape index (κ1) is 9.67. The molecule has 14 heavy (non-hydrogen) atoms. The minimum Gasteiger partial charge on any atom is -0.374 e. The normalized spacial score (nSPS) is 26.3. The van der Waals surface area contributed by atoms with Crippen LogP contribution in [0.25, 0.3) is 0 Å². The minimum atomic E-state index is -3.41. The predicted octanol–water partition coefficient (Wildman–Crippen LogP) is -0.333. The molecule has 0 amide bonds. The van der Waals surface area contributed by atoms with Gasteiger partial charge in [-0.2, -0.15) is 0 Å². The van der Waals surface area contributed by atoms with Gasteiger partial charge in [0.1, 0.15) is 0 Å². The number of likely N-dealkylation sites (tertiary alicyclic amines) is 1. The van der Waals surface area contributed by atoms with Crippen LogP contribution in [-0.4, -0.2) is 38.1 Å². The summed E-state index contributed by atoms with van der Waals surface area (Å²) in [7, 11) is -3.41. The monoisotopic (exact) mass is 215 g/mol. The SMILES string of the molecule is NC1=NC=C(CN2CCCC2)S1(=O)=O. The van der Waals surface area contributed by atoms with Crippen molar-refractivity contribution in [2.45, 2.75) is 12.8 Å². The number of aliphatic imine (C=N–C) groups is 1. The van der Waals surface area contributed by atoms with E-state index < -0.39 is 9.84 Å². The second-order valence-electron chi connectivity index (χ2n) is 3.55. The smallest absolute Gasteiger partial charge is 0.238 e. The van der Waals surface area contributed by atoms with Gasteiger partial charge < -0.3 is 5.73 Å². The van der Waals surface area contributed by atoms with Crippen molar-refractivity contribution in [1.82, 2.24) is 4.90 Å². The molecule has 78 valence electrons. The van der Waals surface area contributed by atoms with Gasteiger partial charge in [-0.1, -0.05) is 0 Å². The first-order valence-electron chi connectivity index (χ1n) is 4.60. The Kier molecular flexibility index (Phi) is 2.32. The fourth-order valence-corrected chi connectivity index (χ4v) is 2.70. The van der Waals surface area contributed by atoms with Crippen molar-refractivity contribution < 1.29 is 8.42 Å². The van der Waals surface area contributed by atoms with Crippen LogP contribution in [0.15, 0.2) is 16.1 Å². The maximum Gasteiger partial charge on any atom is 0.238 e. The summed E-state index contributed by atoms with van der Waals surface area (Å²) in [4.78, 5) is 6.07. The maximum absolute atomic E-state index is 11.5. The molecule has 0 spiro atoms. The molecule has 0 aromatic heterocycles. The quantitative estimate of drug-likeness (QED) is 0.684. The second kappa shape index (κ2) is 3.36. The molecule has 1 saturated heterocycles. The van der Waals surface area contributed by atoms with E-state index in [4.69, 9.17) is 5.73 Å². The van der Waals surface area contributed by atoms with E-state index in [9.17, 15) is 8.42 Å². The lowest BCUT2D eigenvalue weighted by molar-refractivity contribution is 0.373. The molecule has 1 fully saturated rings. The van der Waals surface area contributed by atoms with Crippen molar-refractivity contribution in [3.63, 3.8) is 0 Å². The molecule has 0 aromatic carbocycles. The molecule has 0 unspecified atom stereocenters. The summed E-state index contributed by atoms with van der Waals surface area (Å²) in [5.74, 6) is 0. The average Bonchev–Trinajstić information content (AvgIpc) is 2.70. The Morgan fingerprint density at radius 2 is 2.07 bits per heavy atom. The van der Waals surface area contributed by atoms with Crippen molar-refractivity contribution in [3.05, 3.63) is 11.1 Å². The van der Waals surface area contributed by atoms with Crippen molar-refractivity contribution in [2.24, 2.45) is 10.7 Å². The van der Waals surface area contributed by atoms with Gasteiger partial charge in [-0.15, -0.1) is 0 Å². The summed E-state index contributed by atoms with van der Waals surface area (Å²) in [5, 5.41) is -0.272. The summed E-state index contributed by atoms with van der Waals surface area (Å²) in [6, 6.07) is 0. The van der Waals surface area contributed by atoms with Crippen LogP contribution in [0.4, 0.5) is 0 Å². The first-order valence-corrected chi connectivity index (χ1v) is 6.09. The van der Waals surface area contributed by atoms with E-state index in [1.165, 1.54) is 6.20 Å². The molecule has 0 aromatic rings. The zero-order valence-corrected chi connectivity index (χ0v) is 8.63. The van der Waals surface area contributed by atoms with Gasteiger partial charge in [0, 0.05) is 12.7 Å². The molecule has 2 rings (SSSR count). The fraction of sp³-hybridized carbons (Fsp3) is 0.625. The number of nitrogens with zero attached hydrogens (tertiary/aromatic N) is 2. The summed E-state index contributed by atoms with van der Waals surface area (Å²) < 4.78 is 23.1. The van der Waals surface area contributed by atoms with Crippen LogP contribution in [0, 0.1) is 0 Å². The lowest BCUT2D eigenvalue weighted by Crippen LogP contribution is -2.28. The Hall–Kier alpha value is -0.880. The number of rotatable bonds is 2. The molecule has 2 N–H and O–H groups in total. The van der Waals surface area contributed by atoms with E-state index >= 15 is 0 Å². The molecular weight excluding hydrogens is 202 g/mol. The molecule has 2 heterocycles. The summed E-state index contributed by atoms with van der Waals surface area (Å²) in [5.41, 5.74) is 5.27. The predicted molar refractivity (Wildman–Crippen MR) is 54.3 cm³/mol. The van der Waals surface area contributed by atoms with Gasteiger partial charge in [0.05, 0.1) is 4.91 Å². The van der Waals surface area contributed by atoms with Gasteiger partial charge in [-0.05, 0) is 25.9 Å². The van der Waals surface area contributed by atoms with Crippen molar-refractivity contribution in [1.29, 1.82) is 0 Å². The Morgan fingerprint density at radius 1 is 1.43 bits per heavy atom. The van der Waals surface area contributed by atoms with Crippen molar-refractivity contribution in [2.75, 3.05) is 19.6 Å². The Morgan fingerprint density at radius 3 is 2.57 bits per heavy atom. The lowest BCUT2D eigenvalue weighted by Gasteiger charge is -2.14. The molecule has 2 aliphatic heterocycles. The Labute approximate surface area is 83.2 Å². The molecule has 0 radical (unpaired) electrons. The highest BCUT2D eigenvalue weighted by atomic mass is 32.2. The highest BCUT2D eigenvalue weighted by Crippen LogP contribution is 2.18. The van der Waals surface area contributed by atoms with Crippen LogP contribution < -0.4 is 5.73 Å². The van der Waals surface area contributed by atoms with E-state index in [-0.39, 0.29) is 5.17 Å². The zero-order chi connectivity index (χ0) is 10.2. The average molecular weight is 215 g/mol. The molecule has 0 saturated carbocycles. The van der Waals surface area contributed by atoms with Gasteiger partial charge in [0.25, 0.3) is 0 Å². The van der Waals surface area contributed by atoms with Crippen LogP contribution in [0.1, 0.15) is 12.8 Å². The minimum absolute atomic E-state index is 0.272. The third-order valence-corrected chi connectivity index (χ3v) is 4.12. The van der Waals surface area contributed by atoms with Gasteiger partial charge >= 0.3 is 0 Å². The molecule has 0 atom stereocenters. The highest BCUT2D eigenvalue weighted by Gasteiger charge is 2.29. The van der Waals surface area contributed by atoms with Crippen LogP contribution >= 0.6 is 0 Å². The lowest BCUT2D eigenvalue weighted by atomic mass is 10.4. The molecule has 0 aliphatic carbocycles. The Bertz CT molecular complexity index is 391. The highest BCUT2D eigenvalue weighted by molar-refractivity contribution is 8.09. The number of sulfone groups is 1. The second-order valence-corrected chi connectivity index (χ2v) is 5.50. The molecule has 5 nitrogen and oxygen atoms in total. The third-order valence-electron chi connectivity index (χ3n) is 2.53. The summed E-state index contributed by atoms with van der Waals surface area (Å²) >= 11 is 0. The van der Waals surface area contributed by atoms with Crippen LogP contribution in [0.2, 0.25) is 0 Å². The van der Waals surface area contributed by atoms with Crippen molar-refractivity contribution in [3.8, 4) is 0 Å². The standard InChI is InChI=1S/C8H13N3O2S/c9-8-10-5-7(14(8,12)13)6-11-3-1-2-4-11/h5H,1-4,6H2,(H2,9,10). The summed E-state index contributed by atoms with van der Waals surface area (Å²) in [6.45, 7) is 2.38. The fourth-order valence-electron chi connectivity index (χ4n) is 1.70. The molecule has 0 bridgehead atoms. The van der Waals surface area contributed by atoms with Crippen LogP contribution in [0.5, 0.6) is 0 Å². The maximum atomic E-state index is 11.5.